The summed E-state index contributed by atoms with van der Waals surface area (Å²) < 4.78 is 5.42. The van der Waals surface area contributed by atoms with Crippen molar-refractivity contribution in [1.82, 2.24) is 10.2 Å². The molecule has 0 aliphatic carbocycles. The van der Waals surface area contributed by atoms with Gasteiger partial charge >= 0.3 is 5.97 Å². The molecule has 88 valence electrons. The van der Waals surface area contributed by atoms with Crippen molar-refractivity contribution < 1.29 is 14.3 Å². The van der Waals surface area contributed by atoms with E-state index in [4.69, 9.17) is 9.52 Å². The van der Waals surface area contributed by atoms with Gasteiger partial charge in [-0.3, -0.25) is 4.79 Å². The summed E-state index contributed by atoms with van der Waals surface area (Å²) >= 11 is 1.23. The predicted molar refractivity (Wildman–Crippen MR) is 63.5 cm³/mol. The number of rotatable bonds is 5. The summed E-state index contributed by atoms with van der Waals surface area (Å²) in [5.74, 6) is 0.485. The zero-order valence-electron chi connectivity index (χ0n) is 8.87. The second-order valence-electron chi connectivity index (χ2n) is 3.25. The van der Waals surface area contributed by atoms with E-state index in [0.717, 1.165) is 5.56 Å². The number of carboxylic acid groups (broad SMARTS) is 1. The van der Waals surface area contributed by atoms with Crippen molar-refractivity contribution in [2.45, 2.75) is 5.75 Å². The molecule has 1 aromatic carbocycles. The summed E-state index contributed by atoms with van der Waals surface area (Å²) in [5.41, 5.74) is 0.856. The number of aromatic nitrogens is 2. The average Bonchev–Trinajstić information content (AvgIpc) is 2.78. The van der Waals surface area contributed by atoms with Crippen LogP contribution in [-0.2, 0) is 10.5 Å². The molecule has 0 saturated carbocycles. The lowest BCUT2D eigenvalue weighted by atomic mass is 10.2. The van der Waals surface area contributed by atoms with Crippen molar-refractivity contribution in [3.8, 4) is 11.5 Å². The van der Waals surface area contributed by atoms with E-state index in [1.54, 1.807) is 0 Å². The number of benzene rings is 1. The van der Waals surface area contributed by atoms with Gasteiger partial charge in [-0.2, -0.15) is 0 Å². The van der Waals surface area contributed by atoms with E-state index in [9.17, 15) is 4.79 Å². The number of thioether (sulfide) groups is 1. The van der Waals surface area contributed by atoms with Crippen molar-refractivity contribution in [3.63, 3.8) is 0 Å². The predicted octanol–water partition coefficient (Wildman–Crippen LogP) is 2.05. The van der Waals surface area contributed by atoms with Crippen LogP contribution in [0, 0.1) is 0 Å². The van der Waals surface area contributed by atoms with Crippen LogP contribution < -0.4 is 0 Å². The van der Waals surface area contributed by atoms with Gasteiger partial charge in [0.2, 0.25) is 11.8 Å². The van der Waals surface area contributed by atoms with Crippen molar-refractivity contribution in [3.05, 3.63) is 36.2 Å². The van der Waals surface area contributed by atoms with Crippen LogP contribution in [0.5, 0.6) is 0 Å². The molecule has 1 aromatic heterocycles. The van der Waals surface area contributed by atoms with Gasteiger partial charge in [0.05, 0.1) is 11.5 Å². The zero-order chi connectivity index (χ0) is 12.1. The van der Waals surface area contributed by atoms with Crippen molar-refractivity contribution in [1.29, 1.82) is 0 Å². The van der Waals surface area contributed by atoms with E-state index in [-0.39, 0.29) is 5.75 Å². The van der Waals surface area contributed by atoms with E-state index < -0.39 is 5.97 Å². The van der Waals surface area contributed by atoms with E-state index in [1.165, 1.54) is 11.8 Å². The summed E-state index contributed by atoms with van der Waals surface area (Å²) in [7, 11) is 0. The molecule has 6 heteroatoms. The third-order valence-electron chi connectivity index (χ3n) is 1.94. The maximum absolute atomic E-state index is 10.3. The number of carboxylic acids is 1. The molecule has 0 saturated heterocycles. The molecule has 0 unspecified atom stereocenters. The maximum Gasteiger partial charge on any atom is 0.313 e. The van der Waals surface area contributed by atoms with Gasteiger partial charge in [-0.15, -0.1) is 22.0 Å². The quantitative estimate of drug-likeness (QED) is 0.875. The number of nitrogens with zero attached hydrogens (tertiary/aromatic N) is 2. The normalized spacial score (nSPS) is 10.4. The van der Waals surface area contributed by atoms with Gasteiger partial charge in [0.25, 0.3) is 0 Å². The first-order valence-corrected chi connectivity index (χ1v) is 6.08. The highest BCUT2D eigenvalue weighted by molar-refractivity contribution is 7.99. The van der Waals surface area contributed by atoms with Gasteiger partial charge in [-0.05, 0) is 12.1 Å². The molecule has 5 nitrogen and oxygen atoms in total. The SMILES string of the molecule is O=C(O)CSCc1nnc(-c2ccccc2)o1. The second-order valence-corrected chi connectivity index (χ2v) is 4.24. The molecule has 17 heavy (non-hydrogen) atoms. The fraction of sp³-hybridized carbons (Fsp3) is 0.182. The average molecular weight is 250 g/mol. The van der Waals surface area contributed by atoms with Gasteiger partial charge in [0.1, 0.15) is 0 Å². The molecule has 2 aromatic rings. The monoisotopic (exact) mass is 250 g/mol. The molecule has 0 fully saturated rings. The summed E-state index contributed by atoms with van der Waals surface area (Å²) in [6.07, 6.45) is 0. The molecule has 0 aliphatic heterocycles. The Bertz CT molecular complexity index is 498. The van der Waals surface area contributed by atoms with Gasteiger partial charge in [0, 0.05) is 5.56 Å². The molecule has 0 aliphatic rings. The summed E-state index contributed by atoms with van der Waals surface area (Å²) in [6, 6.07) is 9.43. The van der Waals surface area contributed by atoms with Gasteiger partial charge < -0.3 is 9.52 Å². The van der Waals surface area contributed by atoms with E-state index in [2.05, 4.69) is 10.2 Å². The molecule has 1 heterocycles. The Morgan fingerprint density at radius 3 is 2.76 bits per heavy atom. The smallest absolute Gasteiger partial charge is 0.313 e. The largest absolute Gasteiger partial charge is 0.481 e. The van der Waals surface area contributed by atoms with Gasteiger partial charge in [-0.25, -0.2) is 0 Å². The van der Waals surface area contributed by atoms with Crippen LogP contribution in [0.15, 0.2) is 34.7 Å². The molecule has 0 atom stereocenters. The lowest BCUT2D eigenvalue weighted by molar-refractivity contribution is -0.133. The summed E-state index contributed by atoms with van der Waals surface area (Å²) in [6.45, 7) is 0. The van der Waals surface area contributed by atoms with Crippen LogP contribution in [0.3, 0.4) is 0 Å². The minimum atomic E-state index is -0.849. The first kappa shape index (κ1) is 11.7. The van der Waals surface area contributed by atoms with Crippen LogP contribution in [0.4, 0.5) is 0 Å². The summed E-state index contributed by atoms with van der Waals surface area (Å²) in [4.78, 5) is 10.3. The third kappa shape index (κ3) is 3.32. The summed E-state index contributed by atoms with van der Waals surface area (Å²) in [5, 5.41) is 16.3. The standard InChI is InChI=1S/C11H10N2O3S/c14-10(15)7-17-6-9-12-13-11(16-9)8-4-2-1-3-5-8/h1-5H,6-7H2,(H,14,15). The number of carbonyl (C=O) groups is 1. The van der Waals surface area contributed by atoms with Crippen molar-refractivity contribution in [2.75, 3.05) is 5.75 Å². The molecule has 0 amide bonds. The van der Waals surface area contributed by atoms with E-state index in [1.807, 2.05) is 30.3 Å². The number of aliphatic carboxylic acids is 1. The van der Waals surface area contributed by atoms with E-state index in [0.29, 0.717) is 17.5 Å². The Labute approximate surface area is 102 Å². The minimum Gasteiger partial charge on any atom is -0.481 e. The van der Waals surface area contributed by atoms with Crippen molar-refractivity contribution in [2.24, 2.45) is 0 Å². The molecule has 1 N–H and O–H groups in total. The first-order valence-electron chi connectivity index (χ1n) is 4.93. The van der Waals surface area contributed by atoms with Crippen molar-refractivity contribution >= 4 is 17.7 Å². The lowest BCUT2D eigenvalue weighted by Gasteiger charge is -1.93. The fourth-order valence-corrected chi connectivity index (χ4v) is 1.80. The highest BCUT2D eigenvalue weighted by atomic mass is 32.2. The second kappa shape index (κ2) is 5.49. The minimum absolute atomic E-state index is 0.0308. The van der Waals surface area contributed by atoms with Crippen LogP contribution in [0.1, 0.15) is 5.89 Å². The Kier molecular flexibility index (Phi) is 3.77. The molecule has 2 rings (SSSR count). The molecular weight excluding hydrogens is 240 g/mol. The Balaban J connectivity index is 1.99. The van der Waals surface area contributed by atoms with Crippen LogP contribution in [0.2, 0.25) is 0 Å². The lowest BCUT2D eigenvalue weighted by Crippen LogP contribution is -1.98. The molecule has 0 radical (unpaired) electrons. The number of hydrogen-bond donors (Lipinski definition) is 1. The van der Waals surface area contributed by atoms with Crippen LogP contribution in [-0.4, -0.2) is 27.0 Å². The first-order chi connectivity index (χ1) is 8.25. The Hall–Kier alpha value is -1.82. The topological polar surface area (TPSA) is 76.2 Å². The van der Waals surface area contributed by atoms with E-state index >= 15 is 0 Å². The third-order valence-corrected chi connectivity index (χ3v) is 2.84. The van der Waals surface area contributed by atoms with Crippen LogP contribution >= 0.6 is 11.8 Å². The highest BCUT2D eigenvalue weighted by Gasteiger charge is 2.08. The van der Waals surface area contributed by atoms with Crippen LogP contribution in [0.25, 0.3) is 11.5 Å². The Morgan fingerprint density at radius 2 is 2.06 bits per heavy atom. The highest BCUT2D eigenvalue weighted by Crippen LogP contribution is 2.19. The van der Waals surface area contributed by atoms with Gasteiger partial charge in [-0.1, -0.05) is 18.2 Å². The zero-order valence-corrected chi connectivity index (χ0v) is 9.68. The molecule has 0 bridgehead atoms. The maximum atomic E-state index is 10.3. The van der Waals surface area contributed by atoms with Gasteiger partial charge in [0.15, 0.2) is 0 Å². The molecular formula is C11H10N2O3S. The number of hydrogen-bond acceptors (Lipinski definition) is 5. The fourth-order valence-electron chi connectivity index (χ4n) is 1.23. The Morgan fingerprint density at radius 1 is 1.29 bits per heavy atom. The molecule has 0 spiro atoms.